The van der Waals surface area contributed by atoms with Crippen LogP contribution in [0.15, 0.2) is 0 Å². The zero-order valence-corrected chi connectivity index (χ0v) is 7.00. The summed E-state index contributed by atoms with van der Waals surface area (Å²) in [6, 6.07) is 0.524. The van der Waals surface area contributed by atoms with Crippen molar-refractivity contribution < 1.29 is 5.11 Å². The summed E-state index contributed by atoms with van der Waals surface area (Å²) < 4.78 is 0. The topological polar surface area (TPSA) is 49.5 Å². The molecular formula is C8H18N2O. The van der Waals surface area contributed by atoms with E-state index in [1.807, 2.05) is 0 Å². The fourth-order valence-corrected chi connectivity index (χ4v) is 1.71. The first-order valence-electron chi connectivity index (χ1n) is 4.47. The van der Waals surface area contributed by atoms with E-state index in [2.05, 4.69) is 0 Å². The lowest BCUT2D eigenvalue weighted by Crippen LogP contribution is -2.43. The largest absolute Gasteiger partial charge is 0.395 e. The van der Waals surface area contributed by atoms with E-state index in [-0.39, 0.29) is 6.61 Å². The molecule has 0 saturated heterocycles. The first kappa shape index (κ1) is 8.97. The second-order valence-electron chi connectivity index (χ2n) is 3.25. The molecule has 1 aliphatic carbocycles. The van der Waals surface area contributed by atoms with E-state index in [1.165, 1.54) is 32.1 Å². The van der Waals surface area contributed by atoms with Crippen LogP contribution in [-0.2, 0) is 0 Å². The second kappa shape index (κ2) is 4.70. The van der Waals surface area contributed by atoms with Gasteiger partial charge in [0.05, 0.1) is 6.61 Å². The van der Waals surface area contributed by atoms with Crippen LogP contribution in [0.4, 0.5) is 0 Å². The van der Waals surface area contributed by atoms with Gasteiger partial charge in [-0.3, -0.25) is 5.84 Å². The SMILES string of the molecule is NN(CCO)C1CCCCC1. The molecule has 0 aromatic heterocycles. The average molecular weight is 158 g/mol. The summed E-state index contributed by atoms with van der Waals surface area (Å²) in [4.78, 5) is 0. The molecular weight excluding hydrogens is 140 g/mol. The number of hydrogen-bond donors (Lipinski definition) is 2. The molecule has 0 unspecified atom stereocenters. The first-order chi connectivity index (χ1) is 5.34. The number of nitrogens with two attached hydrogens (primary N) is 1. The third-order valence-electron chi connectivity index (χ3n) is 2.40. The summed E-state index contributed by atoms with van der Waals surface area (Å²) in [5.74, 6) is 5.73. The highest BCUT2D eigenvalue weighted by Crippen LogP contribution is 2.20. The molecule has 3 nitrogen and oxygen atoms in total. The highest BCUT2D eigenvalue weighted by atomic mass is 16.3. The lowest BCUT2D eigenvalue weighted by atomic mass is 9.95. The van der Waals surface area contributed by atoms with Gasteiger partial charge in [0, 0.05) is 12.6 Å². The van der Waals surface area contributed by atoms with E-state index < -0.39 is 0 Å². The molecule has 66 valence electrons. The van der Waals surface area contributed by atoms with Crippen molar-refractivity contribution >= 4 is 0 Å². The Kier molecular flexibility index (Phi) is 3.83. The molecule has 3 heteroatoms. The minimum atomic E-state index is 0.174. The van der Waals surface area contributed by atoms with Gasteiger partial charge in [-0.1, -0.05) is 19.3 Å². The molecule has 3 N–H and O–H groups in total. The third-order valence-corrected chi connectivity index (χ3v) is 2.40. The van der Waals surface area contributed by atoms with Crippen LogP contribution in [-0.4, -0.2) is 29.3 Å². The summed E-state index contributed by atoms with van der Waals surface area (Å²) in [5.41, 5.74) is 0. The summed E-state index contributed by atoms with van der Waals surface area (Å²) >= 11 is 0. The molecule has 0 spiro atoms. The third kappa shape index (κ3) is 2.77. The maximum atomic E-state index is 8.65. The predicted molar refractivity (Wildman–Crippen MR) is 44.9 cm³/mol. The molecule has 0 amide bonds. The van der Waals surface area contributed by atoms with Gasteiger partial charge in [-0.05, 0) is 12.8 Å². The van der Waals surface area contributed by atoms with Crippen LogP contribution >= 0.6 is 0 Å². The number of hydrogen-bond acceptors (Lipinski definition) is 3. The minimum Gasteiger partial charge on any atom is -0.395 e. The molecule has 1 aliphatic rings. The molecule has 0 aromatic rings. The Labute approximate surface area is 68.2 Å². The molecule has 0 atom stereocenters. The predicted octanol–water partition coefficient (Wildman–Crippen LogP) is 0.487. The molecule has 0 aliphatic heterocycles. The van der Waals surface area contributed by atoms with Crippen molar-refractivity contribution in [2.75, 3.05) is 13.2 Å². The Bertz CT molecular complexity index is 102. The van der Waals surface area contributed by atoms with Gasteiger partial charge in [0.25, 0.3) is 0 Å². The standard InChI is InChI=1S/C8H18N2O/c9-10(6-7-11)8-4-2-1-3-5-8/h8,11H,1-7,9H2. The van der Waals surface area contributed by atoms with Crippen LogP contribution < -0.4 is 5.84 Å². The highest BCUT2D eigenvalue weighted by molar-refractivity contribution is 4.71. The van der Waals surface area contributed by atoms with Crippen molar-refractivity contribution in [2.45, 2.75) is 38.1 Å². The zero-order chi connectivity index (χ0) is 8.10. The fourth-order valence-electron chi connectivity index (χ4n) is 1.71. The van der Waals surface area contributed by atoms with Crippen LogP contribution in [0.5, 0.6) is 0 Å². The number of nitrogens with zero attached hydrogens (tertiary/aromatic N) is 1. The Morgan fingerprint density at radius 1 is 1.27 bits per heavy atom. The van der Waals surface area contributed by atoms with Gasteiger partial charge >= 0.3 is 0 Å². The van der Waals surface area contributed by atoms with Crippen molar-refractivity contribution in [2.24, 2.45) is 5.84 Å². The van der Waals surface area contributed by atoms with E-state index in [9.17, 15) is 0 Å². The Balaban J connectivity index is 2.21. The molecule has 1 fully saturated rings. The van der Waals surface area contributed by atoms with Crippen molar-refractivity contribution in [1.82, 2.24) is 5.01 Å². The zero-order valence-electron chi connectivity index (χ0n) is 7.00. The van der Waals surface area contributed by atoms with Crippen molar-refractivity contribution in [3.8, 4) is 0 Å². The summed E-state index contributed by atoms with van der Waals surface area (Å²) in [6.07, 6.45) is 6.35. The van der Waals surface area contributed by atoms with Gasteiger partial charge < -0.3 is 5.11 Å². The fraction of sp³-hybridized carbons (Fsp3) is 1.00. The number of rotatable bonds is 3. The molecule has 0 radical (unpaired) electrons. The van der Waals surface area contributed by atoms with E-state index in [4.69, 9.17) is 10.9 Å². The number of hydrazine groups is 1. The molecule has 1 rings (SSSR count). The average Bonchev–Trinajstić information content (AvgIpc) is 2.07. The quantitative estimate of drug-likeness (QED) is 0.464. The van der Waals surface area contributed by atoms with Gasteiger partial charge in [0.2, 0.25) is 0 Å². The van der Waals surface area contributed by atoms with Gasteiger partial charge in [0.1, 0.15) is 0 Å². The summed E-state index contributed by atoms with van der Waals surface area (Å²) in [7, 11) is 0. The second-order valence-corrected chi connectivity index (χ2v) is 3.25. The monoisotopic (exact) mass is 158 g/mol. The van der Waals surface area contributed by atoms with E-state index >= 15 is 0 Å². The normalized spacial score (nSPS) is 21.0. The highest BCUT2D eigenvalue weighted by Gasteiger charge is 2.17. The number of aliphatic hydroxyl groups is 1. The maximum Gasteiger partial charge on any atom is 0.0572 e. The van der Waals surface area contributed by atoms with E-state index in [0.717, 1.165) is 0 Å². The molecule has 0 aromatic carbocycles. The van der Waals surface area contributed by atoms with Crippen molar-refractivity contribution in [1.29, 1.82) is 0 Å². The van der Waals surface area contributed by atoms with Gasteiger partial charge in [-0.25, -0.2) is 5.01 Å². The lowest BCUT2D eigenvalue weighted by molar-refractivity contribution is 0.125. The van der Waals surface area contributed by atoms with Gasteiger partial charge in [-0.15, -0.1) is 0 Å². The Hall–Kier alpha value is -0.120. The molecule has 11 heavy (non-hydrogen) atoms. The van der Waals surface area contributed by atoms with Crippen LogP contribution in [0.1, 0.15) is 32.1 Å². The smallest absolute Gasteiger partial charge is 0.0572 e. The van der Waals surface area contributed by atoms with Crippen LogP contribution in [0.3, 0.4) is 0 Å². The summed E-state index contributed by atoms with van der Waals surface area (Å²) in [6.45, 7) is 0.789. The Morgan fingerprint density at radius 2 is 1.91 bits per heavy atom. The van der Waals surface area contributed by atoms with Crippen LogP contribution in [0.25, 0.3) is 0 Å². The van der Waals surface area contributed by atoms with Crippen LogP contribution in [0.2, 0.25) is 0 Å². The minimum absolute atomic E-state index is 0.174. The van der Waals surface area contributed by atoms with Gasteiger partial charge in [0.15, 0.2) is 0 Å². The van der Waals surface area contributed by atoms with E-state index in [1.54, 1.807) is 5.01 Å². The number of aliphatic hydroxyl groups excluding tert-OH is 1. The van der Waals surface area contributed by atoms with Crippen molar-refractivity contribution in [3.63, 3.8) is 0 Å². The first-order valence-corrected chi connectivity index (χ1v) is 4.47. The molecule has 0 bridgehead atoms. The maximum absolute atomic E-state index is 8.65. The molecule has 0 heterocycles. The van der Waals surface area contributed by atoms with Crippen molar-refractivity contribution in [3.05, 3.63) is 0 Å². The lowest BCUT2D eigenvalue weighted by Gasteiger charge is -2.29. The summed E-state index contributed by atoms with van der Waals surface area (Å²) in [5, 5.41) is 10.4. The van der Waals surface area contributed by atoms with Crippen LogP contribution in [0, 0.1) is 0 Å². The van der Waals surface area contributed by atoms with E-state index in [0.29, 0.717) is 12.6 Å². The Morgan fingerprint density at radius 3 is 2.45 bits per heavy atom. The van der Waals surface area contributed by atoms with Gasteiger partial charge in [-0.2, -0.15) is 0 Å². The molecule has 1 saturated carbocycles.